The molecule has 1 aliphatic heterocycles. The zero-order valence-corrected chi connectivity index (χ0v) is 19.1. The van der Waals surface area contributed by atoms with E-state index in [-0.39, 0.29) is 41.4 Å². The molecule has 4 aliphatic carbocycles. The van der Waals surface area contributed by atoms with E-state index in [1.54, 1.807) is 0 Å². The maximum absolute atomic E-state index is 13.1. The first-order valence-electron chi connectivity index (χ1n) is 11.7. The van der Waals surface area contributed by atoms with Gasteiger partial charge in [0, 0.05) is 13.1 Å². The summed E-state index contributed by atoms with van der Waals surface area (Å²) >= 11 is 6.49. The van der Waals surface area contributed by atoms with Gasteiger partial charge in [-0.25, -0.2) is 9.78 Å². The standard InChI is InChI=1S/C24H29ClN4O3/c1-13-27-19-4-2-3-18(25)20(19)29(13)17-5-6-28(12-17)23(31)32-21-15-7-14-8-16(21)11-24(9-14,10-15)22(26)30/h2-4,14-17,21H,5-12H2,1H3,(H2,26,30)/t14?,15?,16?,17-,21-,24-/m1/s1. The monoisotopic (exact) mass is 456 g/mol. The molecule has 0 radical (unpaired) electrons. The summed E-state index contributed by atoms with van der Waals surface area (Å²) in [5.74, 6) is 1.81. The van der Waals surface area contributed by atoms with E-state index in [9.17, 15) is 9.59 Å². The molecule has 2 N–H and O–H groups in total. The molecule has 2 aromatic rings. The van der Waals surface area contributed by atoms with Crippen molar-refractivity contribution >= 4 is 34.6 Å². The summed E-state index contributed by atoms with van der Waals surface area (Å²) in [6, 6.07) is 5.89. The van der Waals surface area contributed by atoms with E-state index in [0.29, 0.717) is 24.0 Å². The topological polar surface area (TPSA) is 90.4 Å². The Morgan fingerprint density at radius 2 is 1.97 bits per heavy atom. The normalized spacial score (nSPS) is 35.6. The van der Waals surface area contributed by atoms with Crippen molar-refractivity contribution in [3.63, 3.8) is 0 Å². The van der Waals surface area contributed by atoms with Gasteiger partial charge in [0.15, 0.2) is 0 Å². The molecule has 2 amide bonds. The third kappa shape index (κ3) is 2.96. The first kappa shape index (κ1) is 20.3. The lowest BCUT2D eigenvalue weighted by Gasteiger charge is -2.58. The summed E-state index contributed by atoms with van der Waals surface area (Å²) < 4.78 is 8.30. The third-order valence-electron chi connectivity index (χ3n) is 8.57. The number of imidazole rings is 1. The number of ether oxygens (including phenoxy) is 1. The summed E-state index contributed by atoms with van der Waals surface area (Å²) in [7, 11) is 0. The molecule has 4 bridgehead atoms. The van der Waals surface area contributed by atoms with E-state index in [2.05, 4.69) is 9.55 Å². The second kappa shape index (κ2) is 7.11. The number of amides is 2. The Hall–Kier alpha value is -2.28. The number of carbonyl (C=O) groups is 2. The molecular weight excluding hydrogens is 428 g/mol. The maximum Gasteiger partial charge on any atom is 0.410 e. The minimum Gasteiger partial charge on any atom is -0.446 e. The number of benzene rings is 1. The van der Waals surface area contributed by atoms with Crippen molar-refractivity contribution in [2.75, 3.05) is 13.1 Å². The number of likely N-dealkylation sites (tertiary alicyclic amines) is 1. The van der Waals surface area contributed by atoms with Crippen LogP contribution in [-0.2, 0) is 9.53 Å². The molecule has 5 fully saturated rings. The van der Waals surface area contributed by atoms with Gasteiger partial charge in [-0.05, 0) is 75.3 Å². The van der Waals surface area contributed by atoms with Crippen molar-refractivity contribution in [2.45, 2.75) is 57.6 Å². The number of carbonyl (C=O) groups excluding carboxylic acids is 2. The predicted molar refractivity (Wildman–Crippen MR) is 120 cm³/mol. The highest BCUT2D eigenvalue weighted by Gasteiger charge is 2.59. The number of aromatic nitrogens is 2. The van der Waals surface area contributed by atoms with E-state index in [1.165, 1.54) is 0 Å². The smallest absolute Gasteiger partial charge is 0.410 e. The lowest BCUT2D eigenvalue weighted by atomic mass is 9.48. The van der Waals surface area contributed by atoms with E-state index in [1.807, 2.05) is 30.0 Å². The molecule has 8 heteroatoms. The fourth-order valence-corrected chi connectivity index (χ4v) is 7.71. The SMILES string of the molecule is Cc1nc2cccc(Cl)c2n1[C@@H]1CCN(C(=O)O[C@H]2C3CC4CC2C[C@](C(N)=O)(C4)C3)C1. The highest BCUT2D eigenvalue weighted by Crippen LogP contribution is 2.60. The Bertz CT molecular complexity index is 1100. The average molecular weight is 457 g/mol. The predicted octanol–water partition coefficient (Wildman–Crippen LogP) is 4.06. The van der Waals surface area contributed by atoms with Crippen LogP contribution in [0.1, 0.15) is 50.4 Å². The Morgan fingerprint density at radius 1 is 1.22 bits per heavy atom. The molecule has 170 valence electrons. The van der Waals surface area contributed by atoms with Crippen molar-refractivity contribution in [1.82, 2.24) is 14.5 Å². The molecule has 2 heterocycles. The molecule has 1 saturated heterocycles. The van der Waals surface area contributed by atoms with Gasteiger partial charge in [0.25, 0.3) is 0 Å². The summed E-state index contributed by atoms with van der Waals surface area (Å²) in [4.78, 5) is 31.8. The van der Waals surface area contributed by atoms with Crippen LogP contribution in [0.5, 0.6) is 0 Å². The lowest BCUT2D eigenvalue weighted by molar-refractivity contribution is -0.161. The van der Waals surface area contributed by atoms with Crippen LogP contribution in [0.2, 0.25) is 5.02 Å². The van der Waals surface area contributed by atoms with Gasteiger partial charge in [0.2, 0.25) is 5.91 Å². The van der Waals surface area contributed by atoms with Crippen LogP contribution in [0.3, 0.4) is 0 Å². The van der Waals surface area contributed by atoms with Crippen LogP contribution in [0, 0.1) is 30.1 Å². The molecule has 3 atom stereocenters. The van der Waals surface area contributed by atoms with Gasteiger partial charge < -0.3 is 19.9 Å². The van der Waals surface area contributed by atoms with E-state index < -0.39 is 0 Å². The van der Waals surface area contributed by atoms with Gasteiger partial charge in [-0.1, -0.05) is 17.7 Å². The average Bonchev–Trinajstić information content (AvgIpc) is 3.34. The number of rotatable bonds is 3. The summed E-state index contributed by atoms with van der Waals surface area (Å²) in [6.07, 6.45) is 5.09. The zero-order valence-electron chi connectivity index (χ0n) is 18.3. The molecule has 0 spiro atoms. The van der Waals surface area contributed by atoms with Crippen LogP contribution < -0.4 is 5.73 Å². The number of para-hydroxylation sites is 1. The van der Waals surface area contributed by atoms with Crippen LogP contribution in [0.4, 0.5) is 4.79 Å². The molecule has 32 heavy (non-hydrogen) atoms. The minimum atomic E-state index is -0.364. The molecular formula is C24H29ClN4O3. The molecule has 7 nitrogen and oxygen atoms in total. The van der Waals surface area contributed by atoms with Crippen LogP contribution in [-0.4, -0.2) is 45.6 Å². The zero-order chi connectivity index (χ0) is 22.2. The number of hydrogen-bond acceptors (Lipinski definition) is 4. The highest BCUT2D eigenvalue weighted by molar-refractivity contribution is 6.35. The lowest BCUT2D eigenvalue weighted by Crippen LogP contribution is -2.59. The van der Waals surface area contributed by atoms with Gasteiger partial charge in [-0.2, -0.15) is 0 Å². The van der Waals surface area contributed by atoms with Crippen LogP contribution in [0.15, 0.2) is 18.2 Å². The number of fused-ring (bicyclic) bond motifs is 1. The fraction of sp³-hybridized carbons (Fsp3) is 0.625. The largest absolute Gasteiger partial charge is 0.446 e. The number of nitrogens with zero attached hydrogens (tertiary/aromatic N) is 3. The van der Waals surface area contributed by atoms with Gasteiger partial charge in [-0.3, -0.25) is 4.79 Å². The molecule has 4 saturated carbocycles. The number of nitrogens with two attached hydrogens (primary N) is 1. The Balaban J connectivity index is 1.17. The summed E-state index contributed by atoms with van der Waals surface area (Å²) in [5, 5.41) is 0.682. The second-order valence-electron chi connectivity index (χ2n) is 10.5. The van der Waals surface area contributed by atoms with Crippen molar-refractivity contribution in [3.05, 3.63) is 29.0 Å². The van der Waals surface area contributed by atoms with Crippen molar-refractivity contribution in [2.24, 2.45) is 28.9 Å². The Kier molecular flexibility index (Phi) is 4.52. The van der Waals surface area contributed by atoms with E-state index >= 15 is 0 Å². The number of hydrogen-bond donors (Lipinski definition) is 1. The van der Waals surface area contributed by atoms with Crippen molar-refractivity contribution < 1.29 is 14.3 Å². The fourth-order valence-electron chi connectivity index (χ4n) is 7.45. The summed E-state index contributed by atoms with van der Waals surface area (Å²) in [6.45, 7) is 3.23. The van der Waals surface area contributed by atoms with Crippen molar-refractivity contribution in [1.29, 1.82) is 0 Å². The van der Waals surface area contributed by atoms with Crippen molar-refractivity contribution in [3.8, 4) is 0 Å². The highest BCUT2D eigenvalue weighted by atomic mass is 35.5. The first-order valence-corrected chi connectivity index (χ1v) is 12.1. The van der Waals surface area contributed by atoms with E-state index in [4.69, 9.17) is 22.1 Å². The summed E-state index contributed by atoms with van der Waals surface area (Å²) in [5.41, 5.74) is 7.24. The molecule has 1 aromatic heterocycles. The second-order valence-corrected chi connectivity index (χ2v) is 10.9. The van der Waals surface area contributed by atoms with Crippen LogP contribution in [0.25, 0.3) is 11.0 Å². The number of aryl methyl sites for hydroxylation is 1. The van der Waals surface area contributed by atoms with Gasteiger partial charge in [0.1, 0.15) is 11.9 Å². The quantitative estimate of drug-likeness (QED) is 0.753. The third-order valence-corrected chi connectivity index (χ3v) is 8.88. The number of primary amides is 1. The Labute approximate surface area is 192 Å². The molecule has 1 aromatic carbocycles. The Morgan fingerprint density at radius 3 is 2.69 bits per heavy atom. The van der Waals surface area contributed by atoms with Gasteiger partial charge in [-0.15, -0.1) is 0 Å². The minimum absolute atomic E-state index is 0.0872. The molecule has 5 aliphatic rings. The number of halogens is 1. The van der Waals surface area contributed by atoms with Gasteiger partial charge in [0.05, 0.1) is 27.5 Å². The first-order chi connectivity index (χ1) is 15.3. The van der Waals surface area contributed by atoms with E-state index in [0.717, 1.165) is 55.4 Å². The maximum atomic E-state index is 13.1. The van der Waals surface area contributed by atoms with Crippen LogP contribution >= 0.6 is 11.6 Å². The molecule has 7 rings (SSSR count). The van der Waals surface area contributed by atoms with Gasteiger partial charge >= 0.3 is 6.09 Å². The molecule has 2 unspecified atom stereocenters.